The molecule has 21 heavy (non-hydrogen) atoms. The lowest BCUT2D eigenvalue weighted by Gasteiger charge is -2.35. The second kappa shape index (κ2) is 6.23. The van der Waals surface area contributed by atoms with E-state index in [1.54, 1.807) is 6.08 Å². The fraction of sp³-hybridized carbons (Fsp3) is 0.353. The second-order valence-corrected chi connectivity index (χ2v) is 6.68. The van der Waals surface area contributed by atoms with Gasteiger partial charge in [-0.15, -0.1) is 0 Å². The topological polar surface area (TPSA) is 49.8 Å². The number of halogens is 2. The third-order valence-electron chi connectivity index (χ3n) is 3.63. The Morgan fingerprint density at radius 3 is 2.57 bits per heavy atom. The van der Waals surface area contributed by atoms with Crippen LogP contribution in [-0.4, -0.2) is 5.54 Å². The average Bonchev–Trinajstić information content (AvgIpc) is 2.39. The first-order chi connectivity index (χ1) is 9.87. The standard InChI is InChI=1S/C17H18Cl2N2/c1-11(2)8-17(21)9-16(19)14(7-12(17)10-20)13-5-3-4-6-15(13)18/h3-7,9,11-12H,8,21H2,1-2H3. The molecule has 0 spiro atoms. The van der Waals surface area contributed by atoms with E-state index in [1.807, 2.05) is 30.3 Å². The Labute approximate surface area is 135 Å². The Morgan fingerprint density at radius 1 is 1.33 bits per heavy atom. The molecule has 1 aromatic rings. The highest BCUT2D eigenvalue weighted by Gasteiger charge is 2.37. The molecule has 1 aliphatic rings. The molecule has 2 rings (SSSR count). The molecule has 0 radical (unpaired) electrons. The smallest absolute Gasteiger partial charge is 0.0869 e. The number of benzene rings is 1. The summed E-state index contributed by atoms with van der Waals surface area (Å²) in [6.45, 7) is 4.16. The molecule has 0 aromatic heterocycles. The number of nitrogens with zero attached hydrogens (tertiary/aromatic N) is 1. The molecule has 0 fully saturated rings. The van der Waals surface area contributed by atoms with E-state index in [1.165, 1.54) is 0 Å². The molecule has 0 amide bonds. The minimum Gasteiger partial charge on any atom is -0.320 e. The van der Waals surface area contributed by atoms with Gasteiger partial charge in [0, 0.05) is 15.6 Å². The normalized spacial score (nSPS) is 25.3. The Bertz CT molecular complexity index is 640. The Morgan fingerprint density at radius 2 is 2.00 bits per heavy atom. The summed E-state index contributed by atoms with van der Waals surface area (Å²) >= 11 is 12.7. The van der Waals surface area contributed by atoms with E-state index in [-0.39, 0.29) is 0 Å². The van der Waals surface area contributed by atoms with Crippen LogP contribution in [0.15, 0.2) is 41.4 Å². The van der Waals surface area contributed by atoms with E-state index in [0.29, 0.717) is 22.4 Å². The van der Waals surface area contributed by atoms with Crippen LogP contribution in [0.1, 0.15) is 25.8 Å². The van der Waals surface area contributed by atoms with Gasteiger partial charge in [-0.25, -0.2) is 0 Å². The Balaban J connectivity index is 2.47. The molecular formula is C17H18Cl2N2. The maximum absolute atomic E-state index is 9.48. The van der Waals surface area contributed by atoms with Crippen LogP contribution in [0.2, 0.25) is 5.02 Å². The zero-order chi connectivity index (χ0) is 15.6. The number of nitrogens with two attached hydrogens (primary N) is 1. The highest BCUT2D eigenvalue weighted by atomic mass is 35.5. The first-order valence-corrected chi connectivity index (χ1v) is 7.67. The highest BCUT2D eigenvalue weighted by molar-refractivity contribution is 6.39. The molecule has 0 aliphatic heterocycles. The van der Waals surface area contributed by atoms with Gasteiger partial charge in [0.15, 0.2) is 0 Å². The maximum Gasteiger partial charge on any atom is 0.0869 e. The summed E-state index contributed by atoms with van der Waals surface area (Å²) < 4.78 is 0. The quantitative estimate of drug-likeness (QED) is 0.874. The fourth-order valence-electron chi connectivity index (χ4n) is 2.75. The van der Waals surface area contributed by atoms with Gasteiger partial charge in [-0.3, -0.25) is 0 Å². The number of rotatable bonds is 3. The van der Waals surface area contributed by atoms with Crippen LogP contribution in [0.4, 0.5) is 0 Å². The lowest BCUT2D eigenvalue weighted by Crippen LogP contribution is -2.46. The van der Waals surface area contributed by atoms with Gasteiger partial charge >= 0.3 is 0 Å². The highest BCUT2D eigenvalue weighted by Crippen LogP contribution is 2.41. The van der Waals surface area contributed by atoms with Crippen molar-refractivity contribution in [1.82, 2.24) is 0 Å². The molecule has 4 heteroatoms. The summed E-state index contributed by atoms with van der Waals surface area (Å²) in [5, 5.41) is 10.6. The average molecular weight is 321 g/mol. The molecule has 1 aromatic carbocycles. The van der Waals surface area contributed by atoms with Crippen LogP contribution in [0, 0.1) is 23.2 Å². The molecule has 1 aliphatic carbocycles. The minimum atomic E-state index is -0.731. The van der Waals surface area contributed by atoms with Crippen LogP contribution in [0.25, 0.3) is 5.57 Å². The van der Waals surface area contributed by atoms with E-state index < -0.39 is 11.5 Å². The van der Waals surface area contributed by atoms with E-state index in [4.69, 9.17) is 28.9 Å². The van der Waals surface area contributed by atoms with Gasteiger partial charge in [-0.2, -0.15) is 5.26 Å². The SMILES string of the molecule is CC(C)CC1(N)C=C(Cl)C(c2ccccc2Cl)=CC1C#N. The first-order valence-electron chi connectivity index (χ1n) is 6.91. The van der Waals surface area contributed by atoms with Crippen molar-refractivity contribution >= 4 is 28.8 Å². The molecule has 0 saturated carbocycles. The number of allylic oxidation sites excluding steroid dienone is 2. The number of hydrogen-bond donors (Lipinski definition) is 1. The van der Waals surface area contributed by atoms with Gasteiger partial charge in [0.1, 0.15) is 0 Å². The first kappa shape index (κ1) is 16.1. The molecule has 0 saturated heterocycles. The summed E-state index contributed by atoms with van der Waals surface area (Å²) in [5.74, 6) is -0.0458. The van der Waals surface area contributed by atoms with E-state index >= 15 is 0 Å². The van der Waals surface area contributed by atoms with Crippen LogP contribution < -0.4 is 5.73 Å². The van der Waals surface area contributed by atoms with Crippen molar-refractivity contribution in [3.8, 4) is 6.07 Å². The van der Waals surface area contributed by atoms with Crippen LogP contribution >= 0.6 is 23.2 Å². The lowest BCUT2D eigenvalue weighted by molar-refractivity contribution is 0.365. The van der Waals surface area contributed by atoms with Gasteiger partial charge in [-0.1, -0.05) is 61.3 Å². The zero-order valence-corrected chi connectivity index (χ0v) is 13.6. The van der Waals surface area contributed by atoms with Crippen molar-refractivity contribution in [3.05, 3.63) is 52.0 Å². The third kappa shape index (κ3) is 3.32. The predicted octanol–water partition coefficient (Wildman–Crippen LogP) is 4.74. The van der Waals surface area contributed by atoms with Crippen molar-refractivity contribution in [2.45, 2.75) is 25.8 Å². The summed E-state index contributed by atoms with van der Waals surface area (Å²) in [6.07, 6.45) is 4.35. The molecule has 2 unspecified atom stereocenters. The second-order valence-electron chi connectivity index (χ2n) is 5.87. The van der Waals surface area contributed by atoms with Gasteiger partial charge in [0.05, 0.1) is 17.5 Å². The van der Waals surface area contributed by atoms with Crippen LogP contribution in [-0.2, 0) is 0 Å². The lowest BCUT2D eigenvalue weighted by atomic mass is 9.74. The van der Waals surface area contributed by atoms with Gasteiger partial charge in [0.25, 0.3) is 0 Å². The fourth-order valence-corrected chi connectivity index (χ4v) is 3.36. The molecule has 0 heterocycles. The zero-order valence-electron chi connectivity index (χ0n) is 12.1. The summed E-state index contributed by atoms with van der Waals surface area (Å²) in [4.78, 5) is 0. The minimum absolute atomic E-state index is 0.377. The number of nitriles is 1. The van der Waals surface area contributed by atoms with E-state index in [2.05, 4.69) is 19.9 Å². The van der Waals surface area contributed by atoms with Crippen LogP contribution in [0.3, 0.4) is 0 Å². The number of hydrogen-bond acceptors (Lipinski definition) is 2. The molecule has 0 bridgehead atoms. The van der Waals surface area contributed by atoms with Crippen molar-refractivity contribution < 1.29 is 0 Å². The summed E-state index contributed by atoms with van der Waals surface area (Å²) in [7, 11) is 0. The van der Waals surface area contributed by atoms with Crippen molar-refractivity contribution in [2.75, 3.05) is 0 Å². The van der Waals surface area contributed by atoms with Crippen molar-refractivity contribution in [2.24, 2.45) is 17.6 Å². The van der Waals surface area contributed by atoms with E-state index in [0.717, 1.165) is 11.1 Å². The van der Waals surface area contributed by atoms with Gasteiger partial charge in [-0.05, 0) is 30.1 Å². The van der Waals surface area contributed by atoms with Gasteiger partial charge < -0.3 is 5.73 Å². The Kier molecular flexibility index (Phi) is 4.78. The Hall–Kier alpha value is -1.27. The monoisotopic (exact) mass is 320 g/mol. The summed E-state index contributed by atoms with van der Waals surface area (Å²) in [5.41, 5.74) is 7.29. The molecule has 2 nitrogen and oxygen atoms in total. The van der Waals surface area contributed by atoms with Gasteiger partial charge in [0.2, 0.25) is 0 Å². The van der Waals surface area contributed by atoms with Crippen molar-refractivity contribution in [1.29, 1.82) is 5.26 Å². The molecule has 110 valence electrons. The third-order valence-corrected chi connectivity index (χ3v) is 4.27. The molecule has 2 atom stereocenters. The van der Waals surface area contributed by atoms with Crippen molar-refractivity contribution in [3.63, 3.8) is 0 Å². The molecular weight excluding hydrogens is 303 g/mol. The maximum atomic E-state index is 9.48. The summed E-state index contributed by atoms with van der Waals surface area (Å²) in [6, 6.07) is 9.75. The van der Waals surface area contributed by atoms with Crippen LogP contribution in [0.5, 0.6) is 0 Å². The largest absolute Gasteiger partial charge is 0.320 e. The molecule has 2 N–H and O–H groups in total. The predicted molar refractivity (Wildman–Crippen MR) is 88.8 cm³/mol. The van der Waals surface area contributed by atoms with E-state index in [9.17, 15) is 5.26 Å².